The number of ether oxygens (including phenoxy) is 2. The zero-order valence-corrected chi connectivity index (χ0v) is 19.5. The Morgan fingerprint density at radius 3 is 2.40 bits per heavy atom. The fraction of sp³-hybridized carbons (Fsp3) is 0.696. The van der Waals surface area contributed by atoms with Gasteiger partial charge in [0.25, 0.3) is 0 Å². The molecule has 0 bridgehead atoms. The molecule has 0 aromatic heterocycles. The normalized spacial score (nSPS) is 16.8. The third-order valence-corrected chi connectivity index (χ3v) is 5.62. The van der Waals surface area contributed by atoms with Gasteiger partial charge >= 0.3 is 0 Å². The van der Waals surface area contributed by atoms with Crippen molar-refractivity contribution in [3.63, 3.8) is 0 Å². The maximum Gasteiger partial charge on any atom is 0.191 e. The van der Waals surface area contributed by atoms with Crippen LogP contribution in [0.2, 0.25) is 0 Å². The van der Waals surface area contributed by atoms with E-state index in [1.54, 1.807) is 14.2 Å². The lowest BCUT2D eigenvalue weighted by atomic mass is 10.2. The molecule has 1 aromatic rings. The maximum absolute atomic E-state index is 5.42. The van der Waals surface area contributed by atoms with Gasteiger partial charge in [-0.3, -0.25) is 4.99 Å². The number of nitrogens with zero attached hydrogens (tertiary/aromatic N) is 3. The van der Waals surface area contributed by atoms with Gasteiger partial charge in [0.1, 0.15) is 11.5 Å². The molecule has 1 aromatic carbocycles. The van der Waals surface area contributed by atoms with Crippen LogP contribution in [0.15, 0.2) is 23.2 Å². The highest BCUT2D eigenvalue weighted by atomic mass is 16.5. The van der Waals surface area contributed by atoms with E-state index in [1.807, 2.05) is 6.07 Å². The summed E-state index contributed by atoms with van der Waals surface area (Å²) in [5, 5.41) is 7.01. The second-order valence-electron chi connectivity index (χ2n) is 7.64. The first-order valence-electron chi connectivity index (χ1n) is 11.4. The number of unbranched alkanes of at least 4 members (excludes halogenated alkanes) is 1. The zero-order chi connectivity index (χ0) is 21.8. The van der Waals surface area contributed by atoms with E-state index in [2.05, 4.69) is 53.3 Å². The third kappa shape index (κ3) is 7.59. The number of nitrogens with one attached hydrogen (secondary N) is 2. The van der Waals surface area contributed by atoms with Crippen molar-refractivity contribution in [1.82, 2.24) is 15.5 Å². The lowest BCUT2D eigenvalue weighted by molar-refractivity contribution is 0.297. The minimum atomic E-state index is 0.371. The fourth-order valence-corrected chi connectivity index (χ4v) is 3.78. The summed E-state index contributed by atoms with van der Waals surface area (Å²) in [4.78, 5) is 9.63. The predicted octanol–water partition coefficient (Wildman–Crippen LogP) is 2.96. The van der Waals surface area contributed by atoms with Gasteiger partial charge in [0, 0.05) is 56.1 Å². The van der Waals surface area contributed by atoms with Crippen LogP contribution in [-0.2, 0) is 0 Å². The van der Waals surface area contributed by atoms with Crippen LogP contribution in [0.5, 0.6) is 11.5 Å². The summed E-state index contributed by atoms with van der Waals surface area (Å²) in [7, 11) is 3.38. The smallest absolute Gasteiger partial charge is 0.191 e. The molecule has 1 atom stereocenters. The molecule has 0 amide bonds. The van der Waals surface area contributed by atoms with E-state index in [9.17, 15) is 0 Å². The molecule has 1 saturated heterocycles. The van der Waals surface area contributed by atoms with Gasteiger partial charge in [-0.2, -0.15) is 0 Å². The van der Waals surface area contributed by atoms with Crippen molar-refractivity contribution in [3.05, 3.63) is 18.2 Å². The van der Waals surface area contributed by atoms with Crippen molar-refractivity contribution in [3.8, 4) is 11.5 Å². The molecule has 0 saturated carbocycles. The number of guanidine groups is 1. The van der Waals surface area contributed by atoms with Crippen LogP contribution in [0.4, 0.5) is 5.69 Å². The topological polar surface area (TPSA) is 61.4 Å². The van der Waals surface area contributed by atoms with E-state index in [4.69, 9.17) is 14.5 Å². The van der Waals surface area contributed by atoms with Gasteiger partial charge in [0.05, 0.1) is 14.2 Å². The molecule has 170 valence electrons. The Hall–Kier alpha value is -2.15. The van der Waals surface area contributed by atoms with E-state index in [0.29, 0.717) is 6.04 Å². The van der Waals surface area contributed by atoms with Gasteiger partial charge in [-0.25, -0.2) is 0 Å². The monoisotopic (exact) mass is 419 g/mol. The predicted molar refractivity (Wildman–Crippen MR) is 126 cm³/mol. The Kier molecular flexibility index (Phi) is 10.6. The average molecular weight is 420 g/mol. The molecule has 0 aliphatic carbocycles. The van der Waals surface area contributed by atoms with Gasteiger partial charge in [0.15, 0.2) is 5.96 Å². The highest BCUT2D eigenvalue weighted by Crippen LogP contribution is 2.30. The zero-order valence-electron chi connectivity index (χ0n) is 19.5. The van der Waals surface area contributed by atoms with Crippen molar-refractivity contribution >= 4 is 11.6 Å². The number of anilines is 1. The van der Waals surface area contributed by atoms with Gasteiger partial charge < -0.3 is 29.9 Å². The summed E-state index contributed by atoms with van der Waals surface area (Å²) in [6, 6.07) is 6.42. The lowest BCUT2D eigenvalue weighted by Crippen LogP contribution is -2.44. The Bertz CT molecular complexity index is 626. The summed E-state index contributed by atoms with van der Waals surface area (Å²) in [6.07, 6.45) is 3.39. The molecule has 1 aliphatic rings. The fourth-order valence-electron chi connectivity index (χ4n) is 3.78. The molecular formula is C23H41N5O2. The average Bonchev–Trinajstić information content (AvgIpc) is 3.24. The largest absolute Gasteiger partial charge is 0.497 e. The summed E-state index contributed by atoms with van der Waals surface area (Å²) in [5.41, 5.74) is 1.13. The molecule has 2 rings (SSSR count). The third-order valence-electron chi connectivity index (χ3n) is 5.62. The number of rotatable bonds is 12. The Labute approximate surface area is 182 Å². The molecular weight excluding hydrogens is 378 g/mol. The maximum atomic E-state index is 5.42. The van der Waals surface area contributed by atoms with E-state index < -0.39 is 0 Å². The number of methoxy groups -OCH3 is 2. The van der Waals surface area contributed by atoms with Gasteiger partial charge in [-0.1, -0.05) is 13.8 Å². The van der Waals surface area contributed by atoms with Crippen LogP contribution in [0.3, 0.4) is 0 Å². The summed E-state index contributed by atoms with van der Waals surface area (Å²) >= 11 is 0. The van der Waals surface area contributed by atoms with Crippen LogP contribution < -0.4 is 25.0 Å². The second-order valence-corrected chi connectivity index (χ2v) is 7.64. The summed E-state index contributed by atoms with van der Waals surface area (Å²) in [6.45, 7) is 13.6. The SMILES string of the molecule is CCNC(=NCCCCN(CC)CC)NC1CCN(c2cc(OC)cc(OC)c2)C1. The highest BCUT2D eigenvalue weighted by molar-refractivity contribution is 5.80. The van der Waals surface area contributed by atoms with Crippen LogP contribution in [0.1, 0.15) is 40.0 Å². The minimum absolute atomic E-state index is 0.371. The Morgan fingerprint density at radius 2 is 1.80 bits per heavy atom. The number of hydrogen-bond donors (Lipinski definition) is 2. The van der Waals surface area contributed by atoms with E-state index in [1.165, 1.54) is 6.42 Å². The molecule has 2 N–H and O–H groups in total. The van der Waals surface area contributed by atoms with Crippen molar-refractivity contribution in [2.45, 2.75) is 46.1 Å². The summed E-state index contributed by atoms with van der Waals surface area (Å²) < 4.78 is 10.8. The Morgan fingerprint density at radius 1 is 1.10 bits per heavy atom. The number of benzene rings is 1. The molecule has 7 heteroatoms. The molecule has 0 spiro atoms. The van der Waals surface area contributed by atoms with Crippen molar-refractivity contribution in [2.24, 2.45) is 4.99 Å². The summed E-state index contributed by atoms with van der Waals surface area (Å²) in [5.74, 6) is 2.57. The first kappa shape index (κ1) is 24.1. The van der Waals surface area contributed by atoms with Gasteiger partial charge in [-0.15, -0.1) is 0 Å². The lowest BCUT2D eigenvalue weighted by Gasteiger charge is -2.21. The van der Waals surface area contributed by atoms with Crippen LogP contribution in [-0.4, -0.2) is 76.9 Å². The molecule has 0 radical (unpaired) electrons. The van der Waals surface area contributed by atoms with E-state index in [-0.39, 0.29) is 0 Å². The van der Waals surface area contributed by atoms with Crippen molar-refractivity contribution in [1.29, 1.82) is 0 Å². The van der Waals surface area contributed by atoms with E-state index >= 15 is 0 Å². The molecule has 1 aliphatic heterocycles. The first-order valence-corrected chi connectivity index (χ1v) is 11.4. The highest BCUT2D eigenvalue weighted by Gasteiger charge is 2.24. The second kappa shape index (κ2) is 13.2. The molecule has 1 fully saturated rings. The van der Waals surface area contributed by atoms with Crippen molar-refractivity contribution in [2.75, 3.05) is 64.9 Å². The van der Waals surface area contributed by atoms with E-state index in [0.717, 1.165) is 81.8 Å². The standard InChI is InChI=1S/C23H41N5O2/c1-6-24-23(25-12-9-10-13-27(7-2)8-3)26-19-11-14-28(18-19)20-15-21(29-4)17-22(16-20)30-5/h15-17,19H,6-14,18H2,1-5H3,(H2,24,25,26). The Balaban J connectivity index is 1.86. The van der Waals surface area contributed by atoms with Gasteiger partial charge in [0.2, 0.25) is 0 Å². The van der Waals surface area contributed by atoms with Crippen LogP contribution in [0, 0.1) is 0 Å². The molecule has 7 nitrogen and oxygen atoms in total. The number of aliphatic imine (C=N–C) groups is 1. The quantitative estimate of drug-likeness (QED) is 0.309. The first-order chi connectivity index (χ1) is 14.6. The minimum Gasteiger partial charge on any atom is -0.497 e. The van der Waals surface area contributed by atoms with Crippen molar-refractivity contribution < 1.29 is 9.47 Å². The van der Waals surface area contributed by atoms with Crippen LogP contribution in [0.25, 0.3) is 0 Å². The molecule has 30 heavy (non-hydrogen) atoms. The number of hydrogen-bond acceptors (Lipinski definition) is 5. The molecule has 1 unspecified atom stereocenters. The van der Waals surface area contributed by atoms with Gasteiger partial charge in [-0.05, 0) is 45.8 Å². The van der Waals surface area contributed by atoms with Crippen LogP contribution >= 0.6 is 0 Å². The molecule has 1 heterocycles.